The second-order valence-electron chi connectivity index (χ2n) is 7.77. The van der Waals surface area contributed by atoms with Crippen LogP contribution in [-0.2, 0) is 11.2 Å². The van der Waals surface area contributed by atoms with Crippen LogP contribution >= 0.6 is 0 Å². The van der Waals surface area contributed by atoms with Crippen molar-refractivity contribution < 1.29 is 39.5 Å². The Kier molecular flexibility index (Phi) is 9.17. The van der Waals surface area contributed by atoms with Gasteiger partial charge in [-0.2, -0.15) is 0 Å². The maximum absolute atomic E-state index is 12.4. The number of rotatable bonds is 11. The molecule has 0 aliphatic heterocycles. The zero-order chi connectivity index (χ0) is 24.0. The normalized spacial score (nSPS) is 15.2. The molecular formula is C22H31NO9. The average molecular weight is 453 g/mol. The Morgan fingerprint density at radius 3 is 2.44 bits per heavy atom. The summed E-state index contributed by atoms with van der Waals surface area (Å²) in [6.07, 6.45) is -5.14. The summed E-state index contributed by atoms with van der Waals surface area (Å²) >= 11 is 0. The number of nitrogens with zero attached hydrogens (tertiary/aromatic N) is 1. The molecule has 2 rings (SSSR count). The summed E-state index contributed by atoms with van der Waals surface area (Å²) < 4.78 is 10.9. The maximum Gasteiger partial charge on any atom is 0.336 e. The van der Waals surface area contributed by atoms with E-state index in [1.807, 2.05) is 6.92 Å². The number of aliphatic hydroxyl groups excluding tert-OH is 5. The van der Waals surface area contributed by atoms with Gasteiger partial charge >= 0.3 is 5.63 Å². The van der Waals surface area contributed by atoms with E-state index in [9.17, 15) is 30.0 Å². The summed E-state index contributed by atoms with van der Waals surface area (Å²) in [6.45, 7) is 2.21. The third kappa shape index (κ3) is 6.05. The third-order valence-corrected chi connectivity index (χ3v) is 5.28. The minimum Gasteiger partial charge on any atom is -0.483 e. The number of likely N-dealkylation sites (N-methyl/N-ethyl adjacent to an activating group) is 1. The van der Waals surface area contributed by atoms with Crippen LogP contribution in [0.1, 0.15) is 24.5 Å². The van der Waals surface area contributed by atoms with Gasteiger partial charge in [-0.05, 0) is 31.0 Å². The van der Waals surface area contributed by atoms with Crippen LogP contribution in [-0.4, -0.2) is 87.6 Å². The summed E-state index contributed by atoms with van der Waals surface area (Å²) in [7, 11) is 1.37. The lowest BCUT2D eigenvalue weighted by Crippen LogP contribution is -2.50. The number of hydrogen-bond acceptors (Lipinski definition) is 9. The molecule has 0 saturated heterocycles. The minimum atomic E-state index is -1.78. The lowest BCUT2D eigenvalue weighted by molar-refractivity contribution is -0.139. The predicted octanol–water partition coefficient (Wildman–Crippen LogP) is -0.673. The second-order valence-corrected chi connectivity index (χ2v) is 7.77. The summed E-state index contributed by atoms with van der Waals surface area (Å²) in [5.74, 6) is -0.160. The molecule has 1 aromatic heterocycles. The highest BCUT2D eigenvalue weighted by Crippen LogP contribution is 2.29. The second kappa shape index (κ2) is 11.4. The fourth-order valence-corrected chi connectivity index (χ4v) is 3.34. The van der Waals surface area contributed by atoms with Crippen molar-refractivity contribution in [1.82, 2.24) is 4.90 Å². The van der Waals surface area contributed by atoms with Crippen LogP contribution in [0.5, 0.6) is 5.75 Å². The van der Waals surface area contributed by atoms with Crippen LogP contribution in [0, 0.1) is 6.92 Å². The number of ether oxygens (including phenoxy) is 1. The fraction of sp³-hybridized carbons (Fsp3) is 0.545. The van der Waals surface area contributed by atoms with E-state index in [1.165, 1.54) is 13.1 Å². The van der Waals surface area contributed by atoms with Crippen molar-refractivity contribution in [3.63, 3.8) is 0 Å². The molecule has 0 saturated carbocycles. The van der Waals surface area contributed by atoms with Gasteiger partial charge in [0.05, 0.1) is 6.61 Å². The van der Waals surface area contributed by atoms with Gasteiger partial charge in [-0.15, -0.1) is 0 Å². The van der Waals surface area contributed by atoms with Gasteiger partial charge in [0.2, 0.25) is 0 Å². The first kappa shape index (κ1) is 25.8. The zero-order valence-corrected chi connectivity index (χ0v) is 18.4. The van der Waals surface area contributed by atoms with Gasteiger partial charge in [-0.1, -0.05) is 13.3 Å². The van der Waals surface area contributed by atoms with Crippen LogP contribution < -0.4 is 10.4 Å². The number of hydrogen-bond donors (Lipinski definition) is 5. The molecule has 0 fully saturated rings. The van der Waals surface area contributed by atoms with E-state index in [2.05, 4.69) is 0 Å². The van der Waals surface area contributed by atoms with Crippen LogP contribution in [0.4, 0.5) is 0 Å². The molecule has 5 N–H and O–H groups in total. The Balaban J connectivity index is 2.05. The van der Waals surface area contributed by atoms with E-state index in [4.69, 9.17) is 14.3 Å². The summed E-state index contributed by atoms with van der Waals surface area (Å²) in [4.78, 5) is 25.4. The maximum atomic E-state index is 12.4. The Hall–Kier alpha value is -2.50. The van der Waals surface area contributed by atoms with E-state index in [-0.39, 0.29) is 13.2 Å². The summed E-state index contributed by atoms with van der Waals surface area (Å²) in [5, 5.41) is 48.6. The monoisotopic (exact) mass is 453 g/mol. The molecule has 10 heteroatoms. The van der Waals surface area contributed by atoms with Gasteiger partial charge in [0.15, 0.2) is 6.61 Å². The Bertz CT molecular complexity index is 974. The summed E-state index contributed by atoms with van der Waals surface area (Å²) in [6, 6.07) is 4.93. The number of aliphatic hydroxyl groups is 5. The highest BCUT2D eigenvalue weighted by atomic mass is 16.5. The molecule has 0 aliphatic rings. The van der Waals surface area contributed by atoms with Crippen molar-refractivity contribution in [2.24, 2.45) is 0 Å². The first-order valence-corrected chi connectivity index (χ1v) is 10.4. The molecule has 0 spiro atoms. The van der Waals surface area contributed by atoms with E-state index >= 15 is 0 Å². The SMILES string of the molecule is CCCc1cc(=O)oc2c(C)c(OCC(=O)N(C)C[C@H](O)[C@H](O)[C@@H](O)[C@@H](O)CO)ccc12. The van der Waals surface area contributed by atoms with Gasteiger partial charge in [0.25, 0.3) is 5.91 Å². The molecule has 4 atom stereocenters. The zero-order valence-electron chi connectivity index (χ0n) is 18.4. The van der Waals surface area contributed by atoms with Crippen molar-refractivity contribution >= 4 is 16.9 Å². The molecule has 0 unspecified atom stereocenters. The summed E-state index contributed by atoms with van der Waals surface area (Å²) in [5.41, 5.74) is 1.39. The highest BCUT2D eigenvalue weighted by molar-refractivity contribution is 5.85. The Labute approximate surface area is 185 Å². The fourth-order valence-electron chi connectivity index (χ4n) is 3.34. The van der Waals surface area contributed by atoms with E-state index < -0.39 is 42.6 Å². The van der Waals surface area contributed by atoms with Gasteiger partial charge in [0, 0.05) is 30.6 Å². The largest absolute Gasteiger partial charge is 0.483 e. The van der Waals surface area contributed by atoms with Crippen molar-refractivity contribution in [3.05, 3.63) is 39.7 Å². The number of amides is 1. The Morgan fingerprint density at radius 2 is 1.81 bits per heavy atom. The first-order valence-electron chi connectivity index (χ1n) is 10.4. The molecular weight excluding hydrogens is 422 g/mol. The topological polar surface area (TPSA) is 161 Å². The minimum absolute atomic E-state index is 0.343. The average Bonchev–Trinajstić information content (AvgIpc) is 2.77. The number of carbonyl (C=O) groups excluding carboxylic acids is 1. The van der Waals surface area contributed by atoms with Crippen molar-refractivity contribution in [2.45, 2.75) is 51.1 Å². The Morgan fingerprint density at radius 1 is 1.16 bits per heavy atom. The van der Waals surface area contributed by atoms with Crippen molar-refractivity contribution in [2.75, 3.05) is 26.8 Å². The molecule has 178 valence electrons. The van der Waals surface area contributed by atoms with Crippen LogP contribution in [0.3, 0.4) is 0 Å². The highest BCUT2D eigenvalue weighted by Gasteiger charge is 2.31. The molecule has 1 aromatic carbocycles. The van der Waals surface area contributed by atoms with E-state index in [1.54, 1.807) is 19.1 Å². The quantitative estimate of drug-likeness (QED) is 0.278. The smallest absolute Gasteiger partial charge is 0.336 e. The molecule has 1 amide bonds. The molecule has 0 aliphatic carbocycles. The number of carbonyl (C=O) groups is 1. The number of benzene rings is 1. The van der Waals surface area contributed by atoms with Gasteiger partial charge in [-0.3, -0.25) is 4.79 Å². The first-order chi connectivity index (χ1) is 15.1. The lowest BCUT2D eigenvalue weighted by Gasteiger charge is -2.28. The van der Waals surface area contributed by atoms with E-state index in [0.717, 1.165) is 28.7 Å². The molecule has 0 radical (unpaired) electrons. The third-order valence-electron chi connectivity index (χ3n) is 5.28. The molecule has 10 nitrogen and oxygen atoms in total. The lowest BCUT2D eigenvalue weighted by atomic mass is 10.0. The van der Waals surface area contributed by atoms with E-state index in [0.29, 0.717) is 16.9 Å². The van der Waals surface area contributed by atoms with Crippen LogP contribution in [0.25, 0.3) is 11.0 Å². The van der Waals surface area contributed by atoms with Gasteiger partial charge in [-0.25, -0.2) is 4.79 Å². The predicted molar refractivity (Wildman–Crippen MR) is 115 cm³/mol. The number of fused-ring (bicyclic) bond motifs is 1. The van der Waals surface area contributed by atoms with Gasteiger partial charge in [0.1, 0.15) is 35.7 Å². The van der Waals surface area contributed by atoms with Crippen LogP contribution in [0.15, 0.2) is 27.4 Å². The van der Waals surface area contributed by atoms with Gasteiger partial charge < -0.3 is 39.6 Å². The standard InChI is InChI=1S/C22H31NO9/c1-4-5-13-8-19(28)32-22-12(2)17(7-6-14(13)22)31-11-18(27)23(3)9-15(25)20(29)21(30)16(26)10-24/h6-8,15-16,20-21,24-26,29-30H,4-5,9-11H2,1-3H3/t15-,16-,20-,21-/m0/s1. The number of aryl methyl sites for hydroxylation is 2. The molecule has 32 heavy (non-hydrogen) atoms. The van der Waals surface area contributed by atoms with Crippen LogP contribution in [0.2, 0.25) is 0 Å². The molecule has 2 aromatic rings. The van der Waals surface area contributed by atoms with Crippen molar-refractivity contribution in [1.29, 1.82) is 0 Å². The molecule has 1 heterocycles. The molecule has 0 bridgehead atoms. The van der Waals surface area contributed by atoms with Crippen molar-refractivity contribution in [3.8, 4) is 5.75 Å².